The molecule has 2 heterocycles. The molecule has 0 saturated carbocycles. The molecule has 4 N–H and O–H groups in total. The predicted molar refractivity (Wildman–Crippen MR) is 92.6 cm³/mol. The quantitative estimate of drug-likeness (QED) is 0.806. The zero-order valence-corrected chi connectivity index (χ0v) is 13.5. The summed E-state index contributed by atoms with van der Waals surface area (Å²) in [4.78, 5) is 9.04. The van der Waals surface area contributed by atoms with Crippen LogP contribution >= 0.6 is 0 Å². The standard InChI is InChI=1S/C18H26N4/c1-3-5-14(18-12-16(20)7-9-22-18)10-13(4-2)17-11-15(19)6-8-21-17/h6-9,11-14H,3-5,10H2,1-2H3,(H2,19,21)(H2,20,22). The zero-order chi connectivity index (χ0) is 15.9. The summed E-state index contributed by atoms with van der Waals surface area (Å²) in [5.74, 6) is 0.796. The number of anilines is 2. The Morgan fingerprint density at radius 1 is 0.909 bits per heavy atom. The van der Waals surface area contributed by atoms with Crippen molar-refractivity contribution >= 4 is 11.4 Å². The third kappa shape index (κ3) is 4.20. The Kier molecular flexibility index (Phi) is 5.75. The molecular weight excluding hydrogens is 272 g/mol. The van der Waals surface area contributed by atoms with Crippen molar-refractivity contribution in [3.63, 3.8) is 0 Å². The lowest BCUT2D eigenvalue weighted by atomic mass is 9.85. The molecule has 22 heavy (non-hydrogen) atoms. The molecule has 2 rings (SSSR count). The Bertz CT molecular complexity index is 597. The molecule has 0 saturated heterocycles. The van der Waals surface area contributed by atoms with E-state index in [0.717, 1.165) is 48.4 Å². The van der Waals surface area contributed by atoms with Gasteiger partial charge in [-0.3, -0.25) is 9.97 Å². The normalized spacial score (nSPS) is 13.7. The highest BCUT2D eigenvalue weighted by Crippen LogP contribution is 2.34. The van der Waals surface area contributed by atoms with Crippen molar-refractivity contribution < 1.29 is 0 Å². The maximum absolute atomic E-state index is 5.92. The summed E-state index contributed by atoms with van der Waals surface area (Å²) in [6.07, 6.45) is 7.89. The Hall–Kier alpha value is -2.10. The van der Waals surface area contributed by atoms with Crippen LogP contribution in [0.4, 0.5) is 11.4 Å². The van der Waals surface area contributed by atoms with E-state index in [4.69, 9.17) is 11.5 Å². The highest BCUT2D eigenvalue weighted by atomic mass is 14.7. The van der Waals surface area contributed by atoms with Gasteiger partial charge in [-0.15, -0.1) is 0 Å². The molecule has 4 nitrogen and oxygen atoms in total. The average molecular weight is 298 g/mol. The summed E-state index contributed by atoms with van der Waals surface area (Å²) in [6, 6.07) is 7.66. The lowest BCUT2D eigenvalue weighted by molar-refractivity contribution is 0.476. The van der Waals surface area contributed by atoms with Gasteiger partial charge in [-0.1, -0.05) is 20.3 Å². The minimum Gasteiger partial charge on any atom is -0.399 e. The molecule has 118 valence electrons. The molecular formula is C18H26N4. The van der Waals surface area contributed by atoms with E-state index in [-0.39, 0.29) is 0 Å². The van der Waals surface area contributed by atoms with Crippen molar-refractivity contribution in [1.29, 1.82) is 0 Å². The maximum Gasteiger partial charge on any atom is 0.0455 e. The summed E-state index contributed by atoms with van der Waals surface area (Å²) in [7, 11) is 0. The molecule has 2 atom stereocenters. The summed E-state index contributed by atoms with van der Waals surface area (Å²) in [5, 5.41) is 0. The Labute approximate surface area is 133 Å². The van der Waals surface area contributed by atoms with Gasteiger partial charge in [0.1, 0.15) is 0 Å². The minimum atomic E-state index is 0.392. The van der Waals surface area contributed by atoms with E-state index in [1.54, 1.807) is 12.4 Å². The van der Waals surface area contributed by atoms with Crippen LogP contribution in [-0.4, -0.2) is 9.97 Å². The molecule has 0 aliphatic heterocycles. The Balaban J connectivity index is 2.21. The highest BCUT2D eigenvalue weighted by molar-refractivity contribution is 5.39. The van der Waals surface area contributed by atoms with Gasteiger partial charge < -0.3 is 11.5 Å². The lowest BCUT2D eigenvalue weighted by Gasteiger charge is -2.22. The first-order valence-corrected chi connectivity index (χ1v) is 8.06. The molecule has 0 spiro atoms. The first-order valence-electron chi connectivity index (χ1n) is 8.06. The number of hydrogen-bond acceptors (Lipinski definition) is 4. The smallest absolute Gasteiger partial charge is 0.0455 e. The summed E-state index contributed by atoms with van der Waals surface area (Å²) >= 11 is 0. The average Bonchev–Trinajstić information content (AvgIpc) is 2.51. The van der Waals surface area contributed by atoms with E-state index in [2.05, 4.69) is 23.8 Å². The third-order valence-corrected chi connectivity index (χ3v) is 4.15. The number of nitrogens with zero attached hydrogens (tertiary/aromatic N) is 2. The molecule has 0 aliphatic carbocycles. The first kappa shape index (κ1) is 16.3. The Morgan fingerprint density at radius 2 is 1.45 bits per heavy atom. The van der Waals surface area contributed by atoms with Gasteiger partial charge in [0, 0.05) is 47.0 Å². The Morgan fingerprint density at radius 3 is 1.91 bits per heavy atom. The van der Waals surface area contributed by atoms with Gasteiger partial charge in [0.05, 0.1) is 0 Å². The van der Waals surface area contributed by atoms with Gasteiger partial charge in [-0.25, -0.2) is 0 Å². The molecule has 0 amide bonds. The van der Waals surface area contributed by atoms with Crippen LogP contribution in [0.3, 0.4) is 0 Å². The molecule has 0 fully saturated rings. The molecule has 2 unspecified atom stereocenters. The molecule has 2 aromatic heterocycles. The van der Waals surface area contributed by atoms with Crippen LogP contribution in [-0.2, 0) is 0 Å². The van der Waals surface area contributed by atoms with Gasteiger partial charge in [0.2, 0.25) is 0 Å². The summed E-state index contributed by atoms with van der Waals surface area (Å²) < 4.78 is 0. The molecule has 2 aromatic rings. The van der Waals surface area contributed by atoms with Crippen LogP contribution in [0.1, 0.15) is 62.8 Å². The van der Waals surface area contributed by atoms with Gasteiger partial charge in [-0.2, -0.15) is 0 Å². The minimum absolute atomic E-state index is 0.392. The fraction of sp³-hybridized carbons (Fsp3) is 0.444. The predicted octanol–water partition coefficient (Wildman–Crippen LogP) is 4.11. The molecule has 0 radical (unpaired) electrons. The molecule has 0 aromatic carbocycles. The number of hydrogen-bond donors (Lipinski definition) is 2. The van der Waals surface area contributed by atoms with Crippen LogP contribution in [0.2, 0.25) is 0 Å². The van der Waals surface area contributed by atoms with E-state index in [1.807, 2.05) is 24.3 Å². The topological polar surface area (TPSA) is 77.8 Å². The number of aromatic nitrogens is 2. The third-order valence-electron chi connectivity index (χ3n) is 4.15. The van der Waals surface area contributed by atoms with Crippen molar-refractivity contribution in [3.05, 3.63) is 48.0 Å². The second kappa shape index (κ2) is 7.78. The molecule has 0 aliphatic rings. The number of nitrogens with two attached hydrogens (primary N) is 2. The zero-order valence-electron chi connectivity index (χ0n) is 13.5. The second-order valence-electron chi connectivity index (χ2n) is 5.85. The highest BCUT2D eigenvalue weighted by Gasteiger charge is 2.20. The van der Waals surface area contributed by atoms with E-state index in [9.17, 15) is 0 Å². The van der Waals surface area contributed by atoms with Crippen LogP contribution in [0.25, 0.3) is 0 Å². The van der Waals surface area contributed by atoms with E-state index in [0.29, 0.717) is 11.8 Å². The maximum atomic E-state index is 5.92. The SMILES string of the molecule is CCCC(CC(CC)c1cc(N)ccn1)c1cc(N)ccn1. The fourth-order valence-corrected chi connectivity index (χ4v) is 2.95. The van der Waals surface area contributed by atoms with Gasteiger partial charge in [0.25, 0.3) is 0 Å². The van der Waals surface area contributed by atoms with Crippen LogP contribution < -0.4 is 11.5 Å². The van der Waals surface area contributed by atoms with Crippen molar-refractivity contribution in [2.45, 2.75) is 51.4 Å². The van der Waals surface area contributed by atoms with Gasteiger partial charge in [-0.05, 0) is 43.5 Å². The summed E-state index contributed by atoms with van der Waals surface area (Å²) in [6.45, 7) is 4.41. The number of pyridine rings is 2. The van der Waals surface area contributed by atoms with Crippen molar-refractivity contribution in [3.8, 4) is 0 Å². The van der Waals surface area contributed by atoms with Crippen molar-refractivity contribution in [2.75, 3.05) is 11.5 Å². The van der Waals surface area contributed by atoms with Crippen LogP contribution in [0.15, 0.2) is 36.7 Å². The van der Waals surface area contributed by atoms with Gasteiger partial charge in [0.15, 0.2) is 0 Å². The van der Waals surface area contributed by atoms with Crippen molar-refractivity contribution in [2.24, 2.45) is 0 Å². The van der Waals surface area contributed by atoms with E-state index < -0.39 is 0 Å². The second-order valence-corrected chi connectivity index (χ2v) is 5.85. The summed E-state index contributed by atoms with van der Waals surface area (Å²) in [5.41, 5.74) is 15.5. The fourth-order valence-electron chi connectivity index (χ4n) is 2.95. The molecule has 4 heteroatoms. The lowest BCUT2D eigenvalue weighted by Crippen LogP contribution is -2.10. The van der Waals surface area contributed by atoms with Crippen LogP contribution in [0, 0.1) is 0 Å². The molecule has 0 bridgehead atoms. The first-order chi connectivity index (χ1) is 10.6. The van der Waals surface area contributed by atoms with E-state index in [1.165, 1.54) is 0 Å². The van der Waals surface area contributed by atoms with Crippen molar-refractivity contribution in [1.82, 2.24) is 9.97 Å². The number of rotatable bonds is 7. The number of nitrogen functional groups attached to an aromatic ring is 2. The van der Waals surface area contributed by atoms with Gasteiger partial charge >= 0.3 is 0 Å². The monoisotopic (exact) mass is 298 g/mol. The largest absolute Gasteiger partial charge is 0.399 e. The van der Waals surface area contributed by atoms with E-state index >= 15 is 0 Å². The van der Waals surface area contributed by atoms with Crippen LogP contribution in [0.5, 0.6) is 0 Å².